The topological polar surface area (TPSA) is 109 Å². The summed E-state index contributed by atoms with van der Waals surface area (Å²) < 4.78 is 15.1. The lowest BCUT2D eigenvalue weighted by Gasteiger charge is -2.16. The SMILES string of the molecule is Cc1sc2c(c1C)C(c1ccc(NC(=O)c3ccc(F)cc3)cc1)=NC([C@H](C)C(=O)O)c1nnc(C)n1-2. The number of nitrogens with one attached hydrogen (secondary N) is 1. The Kier molecular flexibility index (Phi) is 6.20. The van der Waals surface area contributed by atoms with Crippen LogP contribution in [0.3, 0.4) is 0 Å². The zero-order chi connectivity index (χ0) is 26.4. The third-order valence-corrected chi connectivity index (χ3v) is 7.77. The van der Waals surface area contributed by atoms with Gasteiger partial charge < -0.3 is 10.4 Å². The second-order valence-corrected chi connectivity index (χ2v) is 10.2. The average molecular weight is 518 g/mol. The molecule has 0 saturated carbocycles. The highest BCUT2D eigenvalue weighted by molar-refractivity contribution is 7.15. The van der Waals surface area contributed by atoms with Gasteiger partial charge in [-0.15, -0.1) is 21.5 Å². The lowest BCUT2D eigenvalue weighted by molar-refractivity contribution is -0.141. The molecule has 0 bridgehead atoms. The summed E-state index contributed by atoms with van der Waals surface area (Å²) in [6, 6.07) is 11.8. The van der Waals surface area contributed by atoms with Crippen LogP contribution in [0.25, 0.3) is 5.00 Å². The predicted molar refractivity (Wildman–Crippen MR) is 139 cm³/mol. The van der Waals surface area contributed by atoms with Crippen LogP contribution in [0.1, 0.15) is 56.5 Å². The Hall–Kier alpha value is -4.18. The molecule has 1 unspecified atom stereocenters. The summed E-state index contributed by atoms with van der Waals surface area (Å²) in [5, 5.41) is 22.1. The first-order chi connectivity index (χ1) is 17.7. The number of benzene rings is 2. The van der Waals surface area contributed by atoms with Crippen LogP contribution in [0.5, 0.6) is 0 Å². The normalized spacial score (nSPS) is 15.3. The number of aliphatic imine (C=N–C) groups is 1. The zero-order valence-corrected chi connectivity index (χ0v) is 21.4. The molecule has 2 aromatic carbocycles. The van der Waals surface area contributed by atoms with Crippen molar-refractivity contribution in [2.75, 3.05) is 5.32 Å². The molecule has 1 amide bonds. The van der Waals surface area contributed by atoms with Crippen LogP contribution < -0.4 is 5.32 Å². The number of halogens is 1. The number of nitrogens with zero attached hydrogens (tertiary/aromatic N) is 4. The molecule has 1 aliphatic rings. The van der Waals surface area contributed by atoms with Crippen LogP contribution in [0.15, 0.2) is 53.5 Å². The van der Waals surface area contributed by atoms with Gasteiger partial charge in [0, 0.05) is 27.3 Å². The number of aromatic nitrogens is 3. The Morgan fingerprint density at radius 3 is 2.38 bits per heavy atom. The summed E-state index contributed by atoms with van der Waals surface area (Å²) in [7, 11) is 0. The van der Waals surface area contributed by atoms with Crippen molar-refractivity contribution < 1.29 is 19.1 Å². The van der Waals surface area contributed by atoms with Gasteiger partial charge in [-0.2, -0.15) is 0 Å². The van der Waals surface area contributed by atoms with Gasteiger partial charge in [0.25, 0.3) is 5.91 Å². The third kappa shape index (κ3) is 4.33. The molecule has 1 aliphatic heterocycles. The van der Waals surface area contributed by atoms with E-state index in [-0.39, 0.29) is 5.91 Å². The van der Waals surface area contributed by atoms with Crippen LogP contribution >= 0.6 is 11.3 Å². The van der Waals surface area contributed by atoms with Crippen LogP contribution in [-0.2, 0) is 4.79 Å². The molecule has 2 aromatic heterocycles. The van der Waals surface area contributed by atoms with E-state index in [1.807, 2.05) is 37.5 Å². The molecule has 0 spiro atoms. The second-order valence-electron chi connectivity index (χ2n) is 8.99. The number of fused-ring (bicyclic) bond motifs is 3. The van der Waals surface area contributed by atoms with E-state index in [1.54, 1.807) is 30.4 Å². The standard InChI is InChI=1S/C27H24FN5O3S/c1-13-15(3)37-26-21(13)23(30-22(14(2)27(35)36)24-32-31-16(4)33(24)26)17-7-11-20(12-8-17)29-25(34)18-5-9-19(28)10-6-18/h5-12,14,22H,1-4H3,(H,29,34)(H,35,36)/t14-,22?/m0/s1. The minimum absolute atomic E-state index is 0.344. The van der Waals surface area contributed by atoms with E-state index in [2.05, 4.69) is 15.5 Å². The monoisotopic (exact) mass is 517 g/mol. The van der Waals surface area contributed by atoms with Gasteiger partial charge in [0.05, 0.1) is 11.6 Å². The summed E-state index contributed by atoms with van der Waals surface area (Å²) in [5.74, 6) is -1.41. The molecule has 188 valence electrons. The summed E-state index contributed by atoms with van der Waals surface area (Å²) in [6.07, 6.45) is 0. The van der Waals surface area contributed by atoms with Gasteiger partial charge in [-0.1, -0.05) is 12.1 Å². The maximum atomic E-state index is 13.2. The number of thiophene rings is 1. The van der Waals surface area contributed by atoms with E-state index in [1.165, 1.54) is 24.3 Å². The van der Waals surface area contributed by atoms with Crippen molar-refractivity contribution >= 4 is 34.6 Å². The number of hydrogen-bond donors (Lipinski definition) is 2. The number of aliphatic carboxylic acids is 1. The number of carboxylic acids is 1. The molecule has 0 radical (unpaired) electrons. The Labute approximate surface area is 216 Å². The number of aryl methyl sites for hydroxylation is 2. The summed E-state index contributed by atoms with van der Waals surface area (Å²) >= 11 is 1.59. The van der Waals surface area contributed by atoms with Crippen molar-refractivity contribution in [3.8, 4) is 5.00 Å². The van der Waals surface area contributed by atoms with Gasteiger partial charge in [0.15, 0.2) is 5.82 Å². The average Bonchev–Trinajstić information content (AvgIpc) is 3.34. The molecule has 10 heteroatoms. The Bertz CT molecular complexity index is 1550. The third-order valence-electron chi connectivity index (χ3n) is 6.57. The first-order valence-corrected chi connectivity index (χ1v) is 12.5. The maximum absolute atomic E-state index is 13.2. The second kappa shape index (κ2) is 9.36. The molecule has 3 heterocycles. The van der Waals surface area contributed by atoms with Gasteiger partial charge in [0.2, 0.25) is 0 Å². The van der Waals surface area contributed by atoms with E-state index in [0.29, 0.717) is 28.6 Å². The number of amides is 1. The van der Waals surface area contributed by atoms with E-state index in [9.17, 15) is 19.1 Å². The predicted octanol–water partition coefficient (Wildman–Crippen LogP) is 5.26. The molecule has 5 rings (SSSR count). The molecule has 2 atom stereocenters. The van der Waals surface area contributed by atoms with Crippen molar-refractivity contribution in [2.24, 2.45) is 10.9 Å². The van der Waals surface area contributed by atoms with E-state index < -0.39 is 23.7 Å². The number of carboxylic acid groups (broad SMARTS) is 1. The van der Waals surface area contributed by atoms with Crippen molar-refractivity contribution in [2.45, 2.75) is 33.7 Å². The Morgan fingerprint density at radius 2 is 1.73 bits per heavy atom. The van der Waals surface area contributed by atoms with Crippen LogP contribution in [-0.4, -0.2) is 37.5 Å². The Balaban J connectivity index is 1.57. The number of hydrogen-bond acceptors (Lipinski definition) is 6. The molecule has 4 aromatic rings. The maximum Gasteiger partial charge on any atom is 0.308 e. The van der Waals surface area contributed by atoms with Gasteiger partial charge >= 0.3 is 5.97 Å². The van der Waals surface area contributed by atoms with Crippen molar-refractivity contribution in [3.63, 3.8) is 0 Å². The summed E-state index contributed by atoms with van der Waals surface area (Å²) in [6.45, 7) is 7.53. The van der Waals surface area contributed by atoms with E-state index >= 15 is 0 Å². The number of rotatable bonds is 5. The number of anilines is 1. The van der Waals surface area contributed by atoms with Crippen LogP contribution in [0, 0.1) is 32.5 Å². The first kappa shape index (κ1) is 24.5. The molecule has 0 fully saturated rings. The fourth-order valence-corrected chi connectivity index (χ4v) is 5.55. The lowest BCUT2D eigenvalue weighted by Crippen LogP contribution is -2.21. The molecule has 0 aliphatic carbocycles. The highest BCUT2D eigenvalue weighted by atomic mass is 32.1. The minimum atomic E-state index is -0.975. The smallest absolute Gasteiger partial charge is 0.308 e. The van der Waals surface area contributed by atoms with Crippen molar-refractivity contribution in [1.82, 2.24) is 14.8 Å². The quantitative estimate of drug-likeness (QED) is 0.375. The van der Waals surface area contributed by atoms with Gasteiger partial charge in [-0.25, -0.2) is 4.39 Å². The largest absolute Gasteiger partial charge is 0.481 e. The first-order valence-electron chi connectivity index (χ1n) is 11.7. The zero-order valence-electron chi connectivity index (χ0n) is 20.6. The molecular weight excluding hydrogens is 493 g/mol. The van der Waals surface area contributed by atoms with Crippen LogP contribution in [0.2, 0.25) is 0 Å². The van der Waals surface area contributed by atoms with Gasteiger partial charge in [-0.05, 0) is 69.7 Å². The number of carbonyl (C=O) groups is 2. The molecule has 0 saturated heterocycles. The van der Waals surface area contributed by atoms with E-state index in [4.69, 9.17) is 4.99 Å². The van der Waals surface area contributed by atoms with Gasteiger partial charge in [-0.3, -0.25) is 19.1 Å². The minimum Gasteiger partial charge on any atom is -0.481 e. The Morgan fingerprint density at radius 1 is 1.05 bits per heavy atom. The molecule has 37 heavy (non-hydrogen) atoms. The highest BCUT2D eigenvalue weighted by Gasteiger charge is 2.36. The van der Waals surface area contributed by atoms with E-state index in [0.717, 1.165) is 26.6 Å². The fraction of sp³-hybridized carbons (Fsp3) is 0.222. The fourth-order valence-electron chi connectivity index (χ4n) is 4.33. The summed E-state index contributed by atoms with van der Waals surface area (Å²) in [4.78, 5) is 30.6. The molecular formula is C27H24FN5O3S. The lowest BCUT2D eigenvalue weighted by atomic mass is 9.98. The van der Waals surface area contributed by atoms with Crippen molar-refractivity contribution in [1.29, 1.82) is 0 Å². The summed E-state index contributed by atoms with van der Waals surface area (Å²) in [5.41, 5.74) is 4.31. The molecule has 8 nitrogen and oxygen atoms in total. The number of carbonyl (C=O) groups excluding carboxylic acids is 1. The molecule has 2 N–H and O–H groups in total. The highest BCUT2D eigenvalue weighted by Crippen LogP contribution is 2.40. The van der Waals surface area contributed by atoms with Crippen LogP contribution in [0.4, 0.5) is 10.1 Å². The van der Waals surface area contributed by atoms with Gasteiger partial charge in [0.1, 0.15) is 22.7 Å². The van der Waals surface area contributed by atoms with Crippen molar-refractivity contribution in [3.05, 3.63) is 93.1 Å².